The fourth-order valence-corrected chi connectivity index (χ4v) is 8.16. The molecule has 5 aromatic carbocycles. The molecule has 0 saturated carbocycles. The molecular weight excluding hydrogens is 901 g/mol. The topological polar surface area (TPSA) is 221 Å². The monoisotopic (exact) mass is 952 g/mol. The lowest BCUT2D eigenvalue weighted by Crippen LogP contribution is -2.66. The second kappa shape index (κ2) is 24.0. The predicted octanol–water partition coefficient (Wildman–Crippen LogP) is 5.38. The van der Waals surface area contributed by atoms with Crippen molar-refractivity contribution >= 4 is 20.8 Å². The van der Waals surface area contributed by atoms with Gasteiger partial charge >= 0.3 is 20.8 Å². The molecule has 17 nitrogen and oxygen atoms in total. The van der Waals surface area contributed by atoms with Crippen LogP contribution in [0.2, 0.25) is 0 Å². The van der Waals surface area contributed by atoms with Crippen molar-refractivity contribution in [2.75, 3.05) is 13.2 Å². The van der Waals surface area contributed by atoms with Crippen LogP contribution in [-0.2, 0) is 100 Å². The van der Waals surface area contributed by atoms with E-state index in [-0.39, 0.29) is 33.0 Å². The lowest BCUT2D eigenvalue weighted by Gasteiger charge is -2.49. The van der Waals surface area contributed by atoms with Crippen molar-refractivity contribution in [1.29, 1.82) is 0 Å². The van der Waals surface area contributed by atoms with Gasteiger partial charge in [0.05, 0.1) is 46.2 Å². The minimum atomic E-state index is -5.03. The van der Waals surface area contributed by atoms with Crippen molar-refractivity contribution < 1.29 is 77.3 Å². The Bertz CT molecular complexity index is 2400. The molecule has 0 amide bonds. The number of hydrogen-bond acceptors (Lipinski definition) is 15. The highest BCUT2D eigenvalue weighted by Crippen LogP contribution is 2.36. The van der Waals surface area contributed by atoms with Crippen LogP contribution in [0.15, 0.2) is 152 Å². The first kappa shape index (κ1) is 49.4. The van der Waals surface area contributed by atoms with E-state index in [4.69, 9.17) is 46.3 Å². The number of benzene rings is 5. The van der Waals surface area contributed by atoms with E-state index >= 15 is 0 Å². The number of aliphatic hydroxyl groups excluding tert-OH is 1. The summed E-state index contributed by atoms with van der Waals surface area (Å²) in [6.45, 7) is -1.75. The summed E-state index contributed by atoms with van der Waals surface area (Å²) in [6, 6.07) is 45.7. The molecule has 0 aromatic heterocycles. The third kappa shape index (κ3) is 15.0. The summed E-state index contributed by atoms with van der Waals surface area (Å²) in [6.07, 6.45) is -13.8. The molecule has 3 N–H and O–H groups in total. The smallest absolute Gasteiger partial charge is 0.368 e. The molecule has 19 heteroatoms. The van der Waals surface area contributed by atoms with Crippen LogP contribution in [0.3, 0.4) is 0 Å². The Morgan fingerprint density at radius 3 is 1.06 bits per heavy atom. The van der Waals surface area contributed by atoms with Gasteiger partial charge < -0.3 is 43.0 Å². The highest BCUT2D eigenvalue weighted by Gasteiger charge is 2.54. The van der Waals surface area contributed by atoms with E-state index < -0.39 is 95.4 Å². The Kier molecular flexibility index (Phi) is 17.9. The fraction of sp³-hybridized carbons (Fsp3) is 0.362. The molecule has 0 spiro atoms. The van der Waals surface area contributed by atoms with E-state index in [1.54, 1.807) is 48.5 Å². The third-order valence-corrected chi connectivity index (χ3v) is 11.5. The molecule has 354 valence electrons. The van der Waals surface area contributed by atoms with Crippen molar-refractivity contribution in [2.45, 2.75) is 94.4 Å². The summed E-state index contributed by atoms with van der Waals surface area (Å²) >= 11 is 0. The summed E-state index contributed by atoms with van der Waals surface area (Å²) in [4.78, 5) is 0. The lowest BCUT2D eigenvalue weighted by molar-refractivity contribution is -0.373. The maximum Gasteiger partial charge on any atom is 0.397 e. The van der Waals surface area contributed by atoms with Crippen LogP contribution in [0.5, 0.6) is 0 Å². The Morgan fingerprint density at radius 1 is 0.394 bits per heavy atom. The van der Waals surface area contributed by atoms with Crippen LogP contribution >= 0.6 is 0 Å². The van der Waals surface area contributed by atoms with Gasteiger partial charge in [0.15, 0.2) is 12.6 Å². The van der Waals surface area contributed by atoms with E-state index in [1.165, 1.54) is 0 Å². The summed E-state index contributed by atoms with van der Waals surface area (Å²) in [5.74, 6) is 0. The molecule has 5 aromatic rings. The first-order chi connectivity index (χ1) is 31.9. The van der Waals surface area contributed by atoms with E-state index in [2.05, 4.69) is 0 Å². The summed E-state index contributed by atoms with van der Waals surface area (Å²) in [5, 5.41) is 11.7. The van der Waals surface area contributed by atoms with Crippen LogP contribution in [0.1, 0.15) is 27.8 Å². The van der Waals surface area contributed by atoms with Crippen molar-refractivity contribution in [2.24, 2.45) is 0 Å². The largest absolute Gasteiger partial charge is 0.397 e. The molecular formula is C47H52O17S2. The van der Waals surface area contributed by atoms with E-state index in [9.17, 15) is 31.0 Å². The quantitative estimate of drug-likeness (QED) is 0.0700. The Balaban J connectivity index is 1.31. The highest BCUT2D eigenvalue weighted by molar-refractivity contribution is 7.81. The first-order valence-electron chi connectivity index (χ1n) is 21.0. The van der Waals surface area contributed by atoms with E-state index in [1.807, 2.05) is 103 Å². The number of aliphatic hydroxyl groups is 1. The molecule has 10 atom stereocenters. The van der Waals surface area contributed by atoms with Gasteiger partial charge in [-0.05, 0) is 27.8 Å². The second-order valence-corrected chi connectivity index (χ2v) is 17.6. The van der Waals surface area contributed by atoms with Gasteiger partial charge in [-0.25, -0.2) is 8.37 Å². The summed E-state index contributed by atoms with van der Waals surface area (Å²) in [7, 11) is -10.1. The molecule has 7 rings (SSSR count). The van der Waals surface area contributed by atoms with Gasteiger partial charge in [0.25, 0.3) is 0 Å². The van der Waals surface area contributed by atoms with Crippen LogP contribution in [-0.4, -0.2) is 106 Å². The highest BCUT2D eigenvalue weighted by atomic mass is 32.3. The molecule has 2 aliphatic rings. The number of ether oxygens (including phenoxy) is 8. The standard InChI is InChI=1S/C47H52O17S2/c48-46-44(58-29-36-22-12-4-13-23-36)43(41(38(62-46)31-60-65(49,50)51)56-27-34-18-8-2-9-19-34)64-47-45(59-30-37-24-14-5-15-25-37)42(57-28-35-20-10-3-11-21-35)40(39(63-47)32-61-66(52,53)54)55-26-33-16-6-1-7-17-33/h1-25,38-48H,26-32H2,(H,49,50,51)(H,52,53,54)/t38-,39-,40-,41-,42+,43+,44-,45-,46-,47+/m1/s1. The SMILES string of the molecule is O=S(=O)(O)OC[C@H]1O[C@@H](O)[C@H](OCc2ccccc2)[C@@H](O[C@@H]2O[C@H](COS(=O)(=O)O)[C@@H](OCc3ccccc3)[C@H](OCc3ccccc3)[C@H]2OCc2ccccc2)[C@@H]1OCc1ccccc1. The van der Waals surface area contributed by atoms with Gasteiger partial charge in [0.2, 0.25) is 0 Å². The molecule has 66 heavy (non-hydrogen) atoms. The van der Waals surface area contributed by atoms with Crippen molar-refractivity contribution in [1.82, 2.24) is 0 Å². The van der Waals surface area contributed by atoms with Gasteiger partial charge in [-0.1, -0.05) is 152 Å². The molecule has 0 radical (unpaired) electrons. The zero-order chi connectivity index (χ0) is 46.4. The van der Waals surface area contributed by atoms with Crippen molar-refractivity contribution in [3.63, 3.8) is 0 Å². The summed E-state index contributed by atoms with van der Waals surface area (Å²) < 4.78 is 130. The van der Waals surface area contributed by atoms with Gasteiger partial charge in [-0.2, -0.15) is 16.8 Å². The van der Waals surface area contributed by atoms with Crippen LogP contribution in [0.25, 0.3) is 0 Å². The Morgan fingerprint density at radius 2 is 0.697 bits per heavy atom. The maximum atomic E-state index is 12.1. The molecule has 0 aliphatic carbocycles. The van der Waals surface area contributed by atoms with Gasteiger partial charge in [-0.3, -0.25) is 9.11 Å². The van der Waals surface area contributed by atoms with Gasteiger partial charge in [0, 0.05) is 0 Å². The average Bonchev–Trinajstić information content (AvgIpc) is 3.31. The maximum absolute atomic E-state index is 12.1. The minimum absolute atomic E-state index is 0.00572. The van der Waals surface area contributed by atoms with Gasteiger partial charge in [0.1, 0.15) is 48.8 Å². The fourth-order valence-electron chi connectivity index (χ4n) is 7.55. The molecule has 2 aliphatic heterocycles. The number of rotatable bonds is 23. The Hall–Kier alpha value is -4.52. The van der Waals surface area contributed by atoms with E-state index in [0.717, 1.165) is 22.3 Å². The van der Waals surface area contributed by atoms with Crippen molar-refractivity contribution in [3.8, 4) is 0 Å². The minimum Gasteiger partial charge on any atom is -0.368 e. The average molecular weight is 953 g/mol. The summed E-state index contributed by atoms with van der Waals surface area (Å²) in [5.41, 5.74) is 3.71. The molecule has 2 fully saturated rings. The van der Waals surface area contributed by atoms with E-state index in [0.29, 0.717) is 5.56 Å². The van der Waals surface area contributed by atoms with Crippen LogP contribution in [0, 0.1) is 0 Å². The third-order valence-electron chi connectivity index (χ3n) is 10.7. The molecule has 0 bridgehead atoms. The molecule has 0 unspecified atom stereocenters. The second-order valence-electron chi connectivity index (χ2n) is 15.4. The Labute approximate surface area is 383 Å². The first-order valence-corrected chi connectivity index (χ1v) is 23.8. The van der Waals surface area contributed by atoms with Crippen LogP contribution < -0.4 is 0 Å². The van der Waals surface area contributed by atoms with Crippen LogP contribution in [0.4, 0.5) is 0 Å². The van der Waals surface area contributed by atoms with Crippen molar-refractivity contribution in [3.05, 3.63) is 179 Å². The zero-order valence-corrected chi connectivity index (χ0v) is 37.2. The molecule has 2 saturated heterocycles. The normalized spacial score (nSPS) is 25.9. The zero-order valence-electron chi connectivity index (χ0n) is 35.5. The van der Waals surface area contributed by atoms with Gasteiger partial charge in [-0.15, -0.1) is 0 Å². The molecule has 2 heterocycles. The number of hydrogen-bond donors (Lipinski definition) is 3. The lowest BCUT2D eigenvalue weighted by atomic mass is 9.95. The predicted molar refractivity (Wildman–Crippen MR) is 235 cm³/mol.